The highest BCUT2D eigenvalue weighted by Gasteiger charge is 2.15. The lowest BCUT2D eigenvalue weighted by Crippen LogP contribution is -2.14. The third-order valence-corrected chi connectivity index (χ3v) is 3.71. The molecule has 114 valence electrons. The van der Waals surface area contributed by atoms with Crippen molar-refractivity contribution in [3.63, 3.8) is 0 Å². The van der Waals surface area contributed by atoms with Crippen molar-refractivity contribution >= 4 is 11.8 Å². The zero-order chi connectivity index (χ0) is 16.1. The molecule has 0 atom stereocenters. The zero-order valence-corrected chi connectivity index (χ0v) is 13.6. The predicted molar refractivity (Wildman–Crippen MR) is 87.3 cm³/mol. The molecule has 1 heterocycles. The van der Waals surface area contributed by atoms with Crippen molar-refractivity contribution in [1.82, 2.24) is 9.97 Å². The molecule has 2 rings (SSSR count). The Morgan fingerprint density at radius 1 is 1.45 bits per heavy atom. The van der Waals surface area contributed by atoms with Crippen molar-refractivity contribution in [2.75, 3.05) is 12.9 Å². The Bertz CT molecular complexity index is 778. The standard InChI is InChI=1S/C16H17N3O2S/c1-4-7-21-11-5-6-12(10(2)8-11)14-13(9-17)15(20)19-16(18-14)22-3/h5-6,8H,4,7H2,1-3H3,(H,18,19,20). The maximum absolute atomic E-state index is 12.0. The number of nitriles is 1. The highest BCUT2D eigenvalue weighted by atomic mass is 32.2. The molecule has 6 heteroatoms. The Balaban J connectivity index is 2.54. The van der Waals surface area contributed by atoms with E-state index < -0.39 is 5.56 Å². The molecular formula is C16H17N3O2S. The highest BCUT2D eigenvalue weighted by molar-refractivity contribution is 7.98. The number of aryl methyl sites for hydroxylation is 1. The smallest absolute Gasteiger partial charge is 0.270 e. The Kier molecular flexibility index (Phi) is 5.23. The monoisotopic (exact) mass is 315 g/mol. The molecule has 22 heavy (non-hydrogen) atoms. The van der Waals surface area contributed by atoms with Crippen LogP contribution in [-0.4, -0.2) is 22.8 Å². The maximum Gasteiger partial charge on any atom is 0.270 e. The van der Waals surface area contributed by atoms with Crippen molar-refractivity contribution in [2.45, 2.75) is 25.4 Å². The van der Waals surface area contributed by atoms with E-state index in [1.165, 1.54) is 11.8 Å². The van der Waals surface area contributed by atoms with Crippen molar-refractivity contribution < 1.29 is 4.74 Å². The largest absolute Gasteiger partial charge is 0.494 e. The van der Waals surface area contributed by atoms with E-state index in [9.17, 15) is 10.1 Å². The summed E-state index contributed by atoms with van der Waals surface area (Å²) in [7, 11) is 0. The first-order valence-corrected chi connectivity index (χ1v) is 8.15. The third kappa shape index (κ3) is 3.31. The minimum absolute atomic E-state index is 0.0307. The summed E-state index contributed by atoms with van der Waals surface area (Å²) >= 11 is 1.33. The molecule has 1 aromatic carbocycles. The normalized spacial score (nSPS) is 10.3. The van der Waals surface area contributed by atoms with E-state index >= 15 is 0 Å². The summed E-state index contributed by atoms with van der Waals surface area (Å²) in [5, 5.41) is 9.73. The van der Waals surface area contributed by atoms with Gasteiger partial charge in [0, 0.05) is 5.56 Å². The Morgan fingerprint density at radius 3 is 2.82 bits per heavy atom. The average molecular weight is 315 g/mol. The number of nitrogens with zero attached hydrogens (tertiary/aromatic N) is 2. The number of ether oxygens (including phenoxy) is 1. The van der Waals surface area contributed by atoms with Crippen LogP contribution in [0.4, 0.5) is 0 Å². The van der Waals surface area contributed by atoms with Crippen LogP contribution in [0.3, 0.4) is 0 Å². The molecule has 0 unspecified atom stereocenters. The van der Waals surface area contributed by atoms with E-state index in [0.29, 0.717) is 17.5 Å². The van der Waals surface area contributed by atoms with Crippen molar-refractivity contribution in [3.05, 3.63) is 39.7 Å². The van der Waals surface area contributed by atoms with Gasteiger partial charge in [0.05, 0.1) is 12.3 Å². The number of hydrogen-bond donors (Lipinski definition) is 1. The van der Waals surface area contributed by atoms with Gasteiger partial charge in [-0.3, -0.25) is 4.79 Å². The highest BCUT2D eigenvalue weighted by Crippen LogP contribution is 2.27. The number of benzene rings is 1. The van der Waals surface area contributed by atoms with E-state index in [0.717, 1.165) is 23.3 Å². The fourth-order valence-corrected chi connectivity index (χ4v) is 2.44. The van der Waals surface area contributed by atoms with Crippen LogP contribution in [-0.2, 0) is 0 Å². The van der Waals surface area contributed by atoms with Crippen LogP contribution in [0.5, 0.6) is 5.75 Å². The van der Waals surface area contributed by atoms with Crippen LogP contribution in [0.25, 0.3) is 11.3 Å². The van der Waals surface area contributed by atoms with E-state index in [1.54, 1.807) is 0 Å². The van der Waals surface area contributed by atoms with Gasteiger partial charge in [0.25, 0.3) is 5.56 Å². The molecule has 1 aromatic heterocycles. The average Bonchev–Trinajstić information content (AvgIpc) is 2.52. The molecular weight excluding hydrogens is 298 g/mol. The first kappa shape index (κ1) is 16.1. The number of hydrogen-bond acceptors (Lipinski definition) is 5. The van der Waals surface area contributed by atoms with E-state index in [2.05, 4.69) is 9.97 Å². The fourth-order valence-electron chi connectivity index (χ4n) is 2.06. The zero-order valence-electron chi connectivity index (χ0n) is 12.8. The maximum atomic E-state index is 12.0. The van der Waals surface area contributed by atoms with E-state index in [1.807, 2.05) is 44.4 Å². The first-order valence-electron chi connectivity index (χ1n) is 6.93. The number of thioether (sulfide) groups is 1. The number of aromatic nitrogens is 2. The lowest BCUT2D eigenvalue weighted by molar-refractivity contribution is 0.317. The summed E-state index contributed by atoms with van der Waals surface area (Å²) in [6.45, 7) is 4.61. The fraction of sp³-hybridized carbons (Fsp3) is 0.312. The molecule has 1 N–H and O–H groups in total. The van der Waals surface area contributed by atoms with Gasteiger partial charge in [0.2, 0.25) is 0 Å². The van der Waals surface area contributed by atoms with Gasteiger partial charge in [-0.1, -0.05) is 18.7 Å². The second kappa shape index (κ2) is 7.14. The molecule has 0 saturated carbocycles. The summed E-state index contributed by atoms with van der Waals surface area (Å²) in [6.07, 6.45) is 2.76. The van der Waals surface area contributed by atoms with Gasteiger partial charge in [-0.2, -0.15) is 5.26 Å². The summed E-state index contributed by atoms with van der Waals surface area (Å²) < 4.78 is 5.59. The molecule has 0 aliphatic carbocycles. The van der Waals surface area contributed by atoms with Crippen molar-refractivity contribution in [1.29, 1.82) is 5.26 Å². The minimum atomic E-state index is -0.414. The molecule has 0 aliphatic rings. The van der Waals surface area contributed by atoms with Gasteiger partial charge in [-0.25, -0.2) is 4.98 Å². The topological polar surface area (TPSA) is 78.8 Å². The van der Waals surface area contributed by atoms with Gasteiger partial charge >= 0.3 is 0 Å². The molecule has 5 nitrogen and oxygen atoms in total. The SMILES string of the molecule is CCCOc1ccc(-c2nc(SC)[nH]c(=O)c2C#N)c(C)c1. The van der Waals surface area contributed by atoms with Crippen LogP contribution in [0.1, 0.15) is 24.5 Å². The molecule has 0 aliphatic heterocycles. The third-order valence-electron chi connectivity index (χ3n) is 3.13. The number of rotatable bonds is 5. The Hall–Kier alpha value is -2.26. The van der Waals surface area contributed by atoms with Gasteiger partial charge in [0.1, 0.15) is 17.4 Å². The van der Waals surface area contributed by atoms with Gasteiger partial charge in [-0.05, 0) is 43.4 Å². The van der Waals surface area contributed by atoms with Crippen molar-refractivity contribution in [2.24, 2.45) is 0 Å². The molecule has 0 saturated heterocycles. The van der Waals surface area contributed by atoms with Crippen molar-refractivity contribution in [3.8, 4) is 23.1 Å². The van der Waals surface area contributed by atoms with E-state index in [4.69, 9.17) is 4.74 Å². The molecule has 0 amide bonds. The summed E-state index contributed by atoms with van der Waals surface area (Å²) in [5.74, 6) is 0.775. The summed E-state index contributed by atoms with van der Waals surface area (Å²) in [6, 6.07) is 7.51. The van der Waals surface area contributed by atoms with Gasteiger partial charge in [0.15, 0.2) is 5.16 Å². The lowest BCUT2D eigenvalue weighted by atomic mass is 10.0. The minimum Gasteiger partial charge on any atom is -0.494 e. The quantitative estimate of drug-likeness (QED) is 0.677. The van der Waals surface area contributed by atoms with Crippen LogP contribution in [0, 0.1) is 18.3 Å². The van der Waals surface area contributed by atoms with Crippen LogP contribution < -0.4 is 10.3 Å². The van der Waals surface area contributed by atoms with Crippen LogP contribution in [0.2, 0.25) is 0 Å². The van der Waals surface area contributed by atoms with Crippen LogP contribution in [0.15, 0.2) is 28.2 Å². The summed E-state index contributed by atoms with van der Waals surface area (Å²) in [4.78, 5) is 19.0. The second-order valence-electron chi connectivity index (χ2n) is 4.74. The second-order valence-corrected chi connectivity index (χ2v) is 5.53. The Morgan fingerprint density at radius 2 is 2.23 bits per heavy atom. The van der Waals surface area contributed by atoms with Crippen LogP contribution >= 0.6 is 11.8 Å². The first-order chi connectivity index (χ1) is 10.6. The number of H-pyrrole nitrogens is 1. The summed E-state index contributed by atoms with van der Waals surface area (Å²) in [5.41, 5.74) is 1.71. The molecule has 2 aromatic rings. The van der Waals surface area contributed by atoms with Gasteiger partial charge in [-0.15, -0.1) is 0 Å². The molecule has 0 bridgehead atoms. The number of aromatic amines is 1. The van der Waals surface area contributed by atoms with E-state index in [-0.39, 0.29) is 5.56 Å². The van der Waals surface area contributed by atoms with Gasteiger partial charge < -0.3 is 9.72 Å². The predicted octanol–water partition coefficient (Wildman–Crippen LogP) is 3.13. The molecule has 0 spiro atoms. The molecule has 0 fully saturated rings. The lowest BCUT2D eigenvalue weighted by Gasteiger charge is -2.11. The number of nitrogens with one attached hydrogen (secondary N) is 1. The molecule has 0 radical (unpaired) electrons. The Labute approximate surface area is 133 Å².